The fraction of sp³-hybridized carbons (Fsp3) is 0.474. The minimum atomic E-state index is 0.415. The molecule has 26 heavy (non-hydrogen) atoms. The molecule has 0 atom stereocenters. The van der Waals surface area contributed by atoms with Gasteiger partial charge in [0.15, 0.2) is 11.6 Å². The summed E-state index contributed by atoms with van der Waals surface area (Å²) in [7, 11) is 3.23. The van der Waals surface area contributed by atoms with Crippen molar-refractivity contribution in [3.8, 4) is 11.5 Å². The van der Waals surface area contributed by atoms with Gasteiger partial charge in [-0.25, -0.2) is 9.97 Å². The molecule has 1 heterocycles. The molecule has 0 saturated heterocycles. The van der Waals surface area contributed by atoms with E-state index in [0.717, 1.165) is 24.3 Å². The van der Waals surface area contributed by atoms with Crippen LogP contribution >= 0.6 is 0 Å². The highest BCUT2D eigenvalue weighted by atomic mass is 16.5. The first-order valence-electron chi connectivity index (χ1n) is 9.07. The third-order valence-corrected chi connectivity index (χ3v) is 4.74. The number of nitrogens with two attached hydrogens (primary N) is 1. The number of methoxy groups -OCH3 is 2. The number of anilines is 4. The predicted octanol–water partition coefficient (Wildman–Crippen LogP) is 3.95. The Kier molecular flexibility index (Phi) is 5.99. The van der Waals surface area contributed by atoms with E-state index >= 15 is 0 Å². The maximum atomic E-state index is 6.32. The van der Waals surface area contributed by atoms with Gasteiger partial charge in [-0.2, -0.15) is 0 Å². The molecule has 2 aromatic rings. The quantitative estimate of drug-likeness (QED) is 0.674. The van der Waals surface area contributed by atoms with Gasteiger partial charge >= 0.3 is 0 Å². The lowest BCUT2D eigenvalue weighted by Gasteiger charge is -2.19. The third-order valence-electron chi connectivity index (χ3n) is 4.74. The molecule has 1 aromatic carbocycles. The van der Waals surface area contributed by atoms with Crippen LogP contribution in [0.15, 0.2) is 24.5 Å². The van der Waals surface area contributed by atoms with E-state index < -0.39 is 0 Å². The van der Waals surface area contributed by atoms with Gasteiger partial charge in [0.25, 0.3) is 0 Å². The van der Waals surface area contributed by atoms with Crippen LogP contribution in [0, 0.1) is 0 Å². The lowest BCUT2D eigenvalue weighted by molar-refractivity contribution is 0.395. The molecule has 1 aliphatic rings. The molecule has 140 valence electrons. The van der Waals surface area contributed by atoms with Gasteiger partial charge in [0, 0.05) is 12.1 Å². The van der Waals surface area contributed by atoms with E-state index in [2.05, 4.69) is 20.6 Å². The van der Waals surface area contributed by atoms with Crippen LogP contribution in [0.3, 0.4) is 0 Å². The molecular weight excluding hydrogens is 330 g/mol. The molecule has 0 radical (unpaired) electrons. The second-order valence-electron chi connectivity index (χ2n) is 6.51. The van der Waals surface area contributed by atoms with E-state index in [4.69, 9.17) is 15.2 Å². The second kappa shape index (κ2) is 8.60. The van der Waals surface area contributed by atoms with Gasteiger partial charge in [-0.15, -0.1) is 0 Å². The molecule has 4 N–H and O–H groups in total. The molecule has 1 saturated carbocycles. The molecule has 3 rings (SSSR count). The van der Waals surface area contributed by atoms with Crippen molar-refractivity contribution >= 4 is 23.0 Å². The smallest absolute Gasteiger partial charge is 0.159 e. The summed E-state index contributed by atoms with van der Waals surface area (Å²) in [5.74, 6) is 2.61. The Morgan fingerprint density at radius 2 is 1.73 bits per heavy atom. The number of hydrogen-bond donors (Lipinski definition) is 3. The zero-order valence-corrected chi connectivity index (χ0v) is 15.4. The molecule has 1 fully saturated rings. The Morgan fingerprint density at radius 3 is 2.42 bits per heavy atom. The average molecular weight is 357 g/mol. The van der Waals surface area contributed by atoms with E-state index in [0.29, 0.717) is 29.1 Å². The minimum absolute atomic E-state index is 0.415. The average Bonchev–Trinajstić information content (AvgIpc) is 2.94. The molecule has 7 heteroatoms. The number of hydrogen-bond acceptors (Lipinski definition) is 7. The van der Waals surface area contributed by atoms with Crippen LogP contribution < -0.4 is 25.8 Å². The van der Waals surface area contributed by atoms with Crippen molar-refractivity contribution < 1.29 is 9.47 Å². The van der Waals surface area contributed by atoms with Gasteiger partial charge in [0.2, 0.25) is 0 Å². The van der Waals surface area contributed by atoms with E-state index in [9.17, 15) is 0 Å². The number of nitrogens with one attached hydrogen (secondary N) is 2. The summed E-state index contributed by atoms with van der Waals surface area (Å²) in [5, 5.41) is 6.73. The number of aromatic nitrogens is 2. The standard InChI is InChI=1S/C19H27N5O2/c1-25-14-9-10-15(16(11-14)26-2)24-19-17(20)18(21-12-22-19)23-13-7-5-3-4-6-8-13/h9-13H,3-8,20H2,1-2H3,(H2,21,22,23,24). The van der Waals surface area contributed by atoms with Crippen molar-refractivity contribution in [2.24, 2.45) is 0 Å². The van der Waals surface area contributed by atoms with E-state index in [-0.39, 0.29) is 0 Å². The highest BCUT2D eigenvalue weighted by molar-refractivity contribution is 5.79. The normalized spacial score (nSPS) is 15.2. The first-order valence-corrected chi connectivity index (χ1v) is 9.07. The largest absolute Gasteiger partial charge is 0.497 e. The highest BCUT2D eigenvalue weighted by Gasteiger charge is 2.16. The molecule has 7 nitrogen and oxygen atoms in total. The van der Waals surface area contributed by atoms with Gasteiger partial charge in [0.1, 0.15) is 23.5 Å². The number of ether oxygens (including phenoxy) is 2. The monoisotopic (exact) mass is 357 g/mol. The van der Waals surface area contributed by atoms with Gasteiger partial charge in [0.05, 0.1) is 19.9 Å². The van der Waals surface area contributed by atoms with Gasteiger partial charge in [-0.3, -0.25) is 0 Å². The van der Waals surface area contributed by atoms with E-state index in [1.165, 1.54) is 32.0 Å². The summed E-state index contributed by atoms with van der Waals surface area (Å²) in [6, 6.07) is 5.95. The molecular formula is C19H27N5O2. The molecule has 0 spiro atoms. The fourth-order valence-electron chi connectivity index (χ4n) is 3.26. The lowest BCUT2D eigenvalue weighted by Crippen LogP contribution is -2.20. The first-order chi connectivity index (χ1) is 12.7. The SMILES string of the molecule is COc1ccc(Nc2ncnc(NC3CCCCCC3)c2N)c(OC)c1. The van der Waals surface area contributed by atoms with Gasteiger partial charge < -0.3 is 25.8 Å². The van der Waals surface area contributed by atoms with Gasteiger partial charge in [-0.1, -0.05) is 25.7 Å². The van der Waals surface area contributed by atoms with Crippen LogP contribution in [-0.2, 0) is 0 Å². The second-order valence-corrected chi connectivity index (χ2v) is 6.51. The Bertz CT molecular complexity index is 730. The summed E-state index contributed by atoms with van der Waals surface area (Å²) >= 11 is 0. The predicted molar refractivity (Wildman–Crippen MR) is 104 cm³/mol. The topological polar surface area (TPSA) is 94.3 Å². The minimum Gasteiger partial charge on any atom is -0.497 e. The van der Waals surface area contributed by atoms with Crippen molar-refractivity contribution in [2.75, 3.05) is 30.6 Å². The summed E-state index contributed by atoms with van der Waals surface area (Å²) in [6.45, 7) is 0. The number of benzene rings is 1. The lowest BCUT2D eigenvalue weighted by atomic mass is 10.1. The zero-order valence-electron chi connectivity index (χ0n) is 15.4. The summed E-state index contributed by atoms with van der Waals surface area (Å²) in [5.41, 5.74) is 7.59. The molecule has 0 bridgehead atoms. The number of nitrogens with zero attached hydrogens (tertiary/aromatic N) is 2. The van der Waals surface area contributed by atoms with Crippen molar-refractivity contribution in [1.29, 1.82) is 0 Å². The Balaban J connectivity index is 1.78. The molecule has 0 unspecified atom stereocenters. The maximum absolute atomic E-state index is 6.32. The Labute approximate surface area is 154 Å². The maximum Gasteiger partial charge on any atom is 0.159 e. The number of rotatable bonds is 6. The van der Waals surface area contributed by atoms with Crippen molar-refractivity contribution in [3.05, 3.63) is 24.5 Å². The Hall–Kier alpha value is -2.70. The fourth-order valence-corrected chi connectivity index (χ4v) is 3.26. The van der Waals surface area contributed by atoms with Crippen LogP contribution in [0.1, 0.15) is 38.5 Å². The van der Waals surface area contributed by atoms with Crippen LogP contribution in [0.25, 0.3) is 0 Å². The van der Waals surface area contributed by atoms with Crippen LogP contribution in [-0.4, -0.2) is 30.2 Å². The zero-order chi connectivity index (χ0) is 18.4. The van der Waals surface area contributed by atoms with Crippen LogP contribution in [0.5, 0.6) is 11.5 Å². The van der Waals surface area contributed by atoms with Crippen molar-refractivity contribution in [1.82, 2.24) is 9.97 Å². The summed E-state index contributed by atoms with van der Waals surface area (Å²) in [4.78, 5) is 8.63. The summed E-state index contributed by atoms with van der Waals surface area (Å²) in [6.07, 6.45) is 8.93. The van der Waals surface area contributed by atoms with Crippen LogP contribution in [0.2, 0.25) is 0 Å². The molecule has 1 aliphatic carbocycles. The molecule has 0 amide bonds. The van der Waals surface area contributed by atoms with E-state index in [1.54, 1.807) is 14.2 Å². The third kappa shape index (κ3) is 4.28. The summed E-state index contributed by atoms with van der Waals surface area (Å²) < 4.78 is 10.7. The van der Waals surface area contributed by atoms with Gasteiger partial charge in [-0.05, 0) is 25.0 Å². The molecule has 0 aliphatic heterocycles. The Morgan fingerprint density at radius 1 is 1.00 bits per heavy atom. The molecule has 1 aromatic heterocycles. The first kappa shape index (κ1) is 18.1. The number of nitrogen functional groups attached to an aromatic ring is 1. The van der Waals surface area contributed by atoms with Crippen molar-refractivity contribution in [2.45, 2.75) is 44.6 Å². The van der Waals surface area contributed by atoms with Crippen molar-refractivity contribution in [3.63, 3.8) is 0 Å². The highest BCUT2D eigenvalue weighted by Crippen LogP contribution is 2.34. The van der Waals surface area contributed by atoms with E-state index in [1.807, 2.05) is 18.2 Å². The van der Waals surface area contributed by atoms with Crippen LogP contribution in [0.4, 0.5) is 23.0 Å².